The van der Waals surface area contributed by atoms with Gasteiger partial charge in [0.25, 0.3) is 5.91 Å². The SMILES string of the molecule is CCOC(=O)c1c(N)nn(C(=O)c2ccccc2)c1Nc1ccccc1. The number of benzene rings is 2. The third-order valence-electron chi connectivity index (χ3n) is 3.64. The highest BCUT2D eigenvalue weighted by Gasteiger charge is 2.27. The lowest BCUT2D eigenvalue weighted by molar-refractivity contribution is 0.0529. The van der Waals surface area contributed by atoms with E-state index in [1.54, 1.807) is 49.4 Å². The first kappa shape index (κ1) is 17.2. The number of para-hydroxylation sites is 1. The average Bonchev–Trinajstić information content (AvgIpc) is 2.99. The molecule has 1 aromatic heterocycles. The summed E-state index contributed by atoms with van der Waals surface area (Å²) in [6.45, 7) is 1.87. The molecule has 0 aliphatic heterocycles. The summed E-state index contributed by atoms with van der Waals surface area (Å²) in [6, 6.07) is 17.7. The summed E-state index contributed by atoms with van der Waals surface area (Å²) in [5.41, 5.74) is 7.04. The molecule has 0 aliphatic rings. The molecule has 3 rings (SSSR count). The minimum atomic E-state index is -0.643. The van der Waals surface area contributed by atoms with Gasteiger partial charge in [-0.1, -0.05) is 36.4 Å². The Morgan fingerprint density at radius 3 is 2.31 bits per heavy atom. The van der Waals surface area contributed by atoms with Crippen LogP contribution in [0.3, 0.4) is 0 Å². The van der Waals surface area contributed by atoms with E-state index in [4.69, 9.17) is 10.5 Å². The Balaban J connectivity index is 2.10. The molecule has 0 fully saturated rings. The van der Waals surface area contributed by atoms with Crippen molar-refractivity contribution < 1.29 is 14.3 Å². The van der Waals surface area contributed by atoms with Gasteiger partial charge < -0.3 is 15.8 Å². The molecule has 3 aromatic rings. The monoisotopic (exact) mass is 350 g/mol. The van der Waals surface area contributed by atoms with E-state index in [9.17, 15) is 9.59 Å². The number of anilines is 3. The van der Waals surface area contributed by atoms with E-state index in [2.05, 4.69) is 10.4 Å². The van der Waals surface area contributed by atoms with Gasteiger partial charge in [-0.2, -0.15) is 4.68 Å². The van der Waals surface area contributed by atoms with Crippen LogP contribution in [0.5, 0.6) is 0 Å². The zero-order valence-corrected chi connectivity index (χ0v) is 14.2. The van der Waals surface area contributed by atoms with Crippen molar-refractivity contribution in [3.05, 3.63) is 71.8 Å². The summed E-state index contributed by atoms with van der Waals surface area (Å²) >= 11 is 0. The van der Waals surface area contributed by atoms with E-state index in [-0.39, 0.29) is 23.8 Å². The molecule has 0 saturated carbocycles. The van der Waals surface area contributed by atoms with E-state index in [1.165, 1.54) is 0 Å². The summed E-state index contributed by atoms with van der Waals surface area (Å²) < 4.78 is 6.15. The fourth-order valence-corrected chi connectivity index (χ4v) is 2.46. The van der Waals surface area contributed by atoms with Crippen molar-refractivity contribution in [2.75, 3.05) is 17.7 Å². The lowest BCUT2D eigenvalue weighted by Gasteiger charge is -2.11. The second-order valence-corrected chi connectivity index (χ2v) is 5.40. The lowest BCUT2D eigenvalue weighted by Crippen LogP contribution is -2.17. The first-order valence-electron chi connectivity index (χ1n) is 8.09. The Morgan fingerprint density at radius 1 is 1.08 bits per heavy atom. The number of ether oxygens (including phenoxy) is 1. The predicted molar refractivity (Wildman–Crippen MR) is 98.5 cm³/mol. The van der Waals surface area contributed by atoms with Crippen molar-refractivity contribution in [2.45, 2.75) is 6.92 Å². The Hall–Kier alpha value is -3.61. The van der Waals surface area contributed by atoms with Crippen LogP contribution in [0.4, 0.5) is 17.3 Å². The minimum Gasteiger partial charge on any atom is -0.462 e. The molecule has 26 heavy (non-hydrogen) atoms. The van der Waals surface area contributed by atoms with E-state index >= 15 is 0 Å². The fraction of sp³-hybridized carbons (Fsp3) is 0.105. The molecule has 7 heteroatoms. The van der Waals surface area contributed by atoms with Crippen LogP contribution < -0.4 is 11.1 Å². The number of nitrogens with zero attached hydrogens (tertiary/aromatic N) is 2. The first-order valence-corrected chi connectivity index (χ1v) is 8.09. The molecular weight excluding hydrogens is 332 g/mol. The van der Waals surface area contributed by atoms with Crippen LogP contribution in [0, 0.1) is 0 Å². The van der Waals surface area contributed by atoms with Crippen LogP contribution in [0.25, 0.3) is 0 Å². The molecule has 0 unspecified atom stereocenters. The number of carbonyl (C=O) groups excluding carboxylic acids is 2. The number of aromatic nitrogens is 2. The van der Waals surface area contributed by atoms with E-state index in [0.29, 0.717) is 11.3 Å². The molecule has 0 spiro atoms. The molecule has 3 N–H and O–H groups in total. The third kappa shape index (κ3) is 3.41. The zero-order valence-electron chi connectivity index (χ0n) is 14.2. The second-order valence-electron chi connectivity index (χ2n) is 5.40. The number of nitrogen functional groups attached to an aromatic ring is 1. The van der Waals surface area contributed by atoms with Gasteiger partial charge in [0.2, 0.25) is 0 Å². The predicted octanol–water partition coefficient (Wildman–Crippen LogP) is 3.07. The Kier molecular flexibility index (Phi) is 4.98. The number of hydrogen-bond donors (Lipinski definition) is 2. The topological polar surface area (TPSA) is 99.2 Å². The van der Waals surface area contributed by atoms with Gasteiger partial charge in [-0.3, -0.25) is 4.79 Å². The highest BCUT2D eigenvalue weighted by molar-refractivity contribution is 6.05. The van der Waals surface area contributed by atoms with Crippen molar-refractivity contribution in [1.29, 1.82) is 0 Å². The van der Waals surface area contributed by atoms with E-state index in [0.717, 1.165) is 4.68 Å². The third-order valence-corrected chi connectivity index (χ3v) is 3.64. The number of nitrogens with two attached hydrogens (primary N) is 1. The van der Waals surface area contributed by atoms with Crippen LogP contribution >= 0.6 is 0 Å². The molecule has 0 atom stereocenters. The Bertz CT molecular complexity index is 921. The van der Waals surface area contributed by atoms with Gasteiger partial charge in [0.15, 0.2) is 11.6 Å². The highest BCUT2D eigenvalue weighted by atomic mass is 16.5. The standard InChI is InChI=1S/C19H18N4O3/c1-2-26-19(25)15-16(20)22-23(18(24)13-9-5-3-6-10-13)17(15)21-14-11-7-4-8-12-14/h3-12,21H,2H2,1H3,(H2,20,22). The van der Waals surface area contributed by atoms with E-state index < -0.39 is 11.9 Å². The molecular formula is C19H18N4O3. The zero-order chi connectivity index (χ0) is 18.5. The quantitative estimate of drug-likeness (QED) is 0.686. The molecule has 0 amide bonds. The van der Waals surface area contributed by atoms with Crippen molar-refractivity contribution in [2.24, 2.45) is 0 Å². The number of nitrogens with one attached hydrogen (secondary N) is 1. The molecule has 7 nitrogen and oxygen atoms in total. The number of carbonyl (C=O) groups is 2. The maximum Gasteiger partial charge on any atom is 0.345 e. The maximum absolute atomic E-state index is 12.9. The number of hydrogen-bond acceptors (Lipinski definition) is 6. The first-order chi connectivity index (χ1) is 12.6. The minimum absolute atomic E-state index is 0.0278. The molecule has 0 aliphatic carbocycles. The maximum atomic E-state index is 12.9. The van der Waals surface area contributed by atoms with E-state index in [1.807, 2.05) is 18.2 Å². The van der Waals surface area contributed by atoms with Crippen molar-refractivity contribution in [1.82, 2.24) is 9.78 Å². The van der Waals surface area contributed by atoms with Crippen LogP contribution in [-0.2, 0) is 4.74 Å². The second kappa shape index (κ2) is 7.52. The summed E-state index contributed by atoms with van der Waals surface area (Å²) in [5, 5.41) is 7.12. The van der Waals surface area contributed by atoms with Gasteiger partial charge in [0.05, 0.1) is 6.61 Å². The van der Waals surface area contributed by atoms with Crippen LogP contribution in [0.2, 0.25) is 0 Å². The van der Waals surface area contributed by atoms with Crippen molar-refractivity contribution >= 4 is 29.2 Å². The van der Waals surface area contributed by atoms with Gasteiger partial charge in [0.1, 0.15) is 5.56 Å². The van der Waals surface area contributed by atoms with Gasteiger partial charge >= 0.3 is 5.97 Å². The van der Waals surface area contributed by atoms with Gasteiger partial charge in [-0.05, 0) is 31.2 Å². The largest absolute Gasteiger partial charge is 0.462 e. The molecule has 0 radical (unpaired) electrons. The normalized spacial score (nSPS) is 10.3. The van der Waals surface area contributed by atoms with Gasteiger partial charge in [-0.15, -0.1) is 5.10 Å². The summed E-state index contributed by atoms with van der Waals surface area (Å²) in [7, 11) is 0. The fourth-order valence-electron chi connectivity index (χ4n) is 2.46. The van der Waals surface area contributed by atoms with Crippen molar-refractivity contribution in [3.8, 4) is 0 Å². The summed E-state index contributed by atoms with van der Waals surface area (Å²) in [4.78, 5) is 25.2. The molecule has 1 heterocycles. The van der Waals surface area contributed by atoms with Crippen LogP contribution in [-0.4, -0.2) is 28.3 Å². The number of rotatable bonds is 5. The summed E-state index contributed by atoms with van der Waals surface area (Å²) in [6.07, 6.45) is 0. The van der Waals surface area contributed by atoms with Crippen molar-refractivity contribution in [3.63, 3.8) is 0 Å². The molecule has 0 saturated heterocycles. The number of esters is 1. The van der Waals surface area contributed by atoms with Gasteiger partial charge in [0, 0.05) is 11.3 Å². The molecule has 2 aromatic carbocycles. The average molecular weight is 350 g/mol. The molecule has 0 bridgehead atoms. The highest BCUT2D eigenvalue weighted by Crippen LogP contribution is 2.27. The smallest absolute Gasteiger partial charge is 0.345 e. The Morgan fingerprint density at radius 2 is 1.69 bits per heavy atom. The van der Waals surface area contributed by atoms with Crippen LogP contribution in [0.15, 0.2) is 60.7 Å². The lowest BCUT2D eigenvalue weighted by atomic mass is 10.2. The summed E-state index contributed by atoms with van der Waals surface area (Å²) in [5.74, 6) is -0.964. The Labute approximate surface area is 150 Å². The molecule has 132 valence electrons. The van der Waals surface area contributed by atoms with Crippen LogP contribution in [0.1, 0.15) is 27.6 Å². The van der Waals surface area contributed by atoms with Gasteiger partial charge in [-0.25, -0.2) is 4.79 Å².